The molecule has 0 bridgehead atoms. The van der Waals surface area contributed by atoms with E-state index in [0.717, 1.165) is 0 Å². The fourth-order valence-corrected chi connectivity index (χ4v) is 0.431. The topological polar surface area (TPSA) is 72.3 Å². The number of hydrogen-bond donors (Lipinski definition) is 2. The van der Waals surface area contributed by atoms with E-state index in [4.69, 9.17) is 11.6 Å². The summed E-state index contributed by atoms with van der Waals surface area (Å²) in [7, 11) is 0. The fraction of sp³-hybridized carbons (Fsp3) is 0.400. The van der Waals surface area contributed by atoms with Crippen LogP contribution in [0.2, 0.25) is 0 Å². The Morgan fingerprint density at radius 3 is 2.67 bits per heavy atom. The molecule has 0 atom stereocenters. The van der Waals surface area contributed by atoms with Crippen LogP contribution in [0.3, 0.4) is 0 Å². The highest BCUT2D eigenvalue weighted by Crippen LogP contribution is 1.74. The highest BCUT2D eigenvalue weighted by Gasteiger charge is 1.98. The number of carbonyl (C=O) groups is 1. The van der Waals surface area contributed by atoms with Gasteiger partial charge < -0.3 is 5.73 Å². The van der Waals surface area contributed by atoms with Crippen molar-refractivity contribution in [2.45, 2.75) is 0 Å². The first kappa shape index (κ1) is 8.13. The van der Waals surface area contributed by atoms with Gasteiger partial charge in [-0.15, -0.1) is 6.58 Å². The van der Waals surface area contributed by atoms with Crippen LogP contribution in [0.1, 0.15) is 0 Å². The second-order valence-corrected chi connectivity index (χ2v) is 1.68. The molecule has 0 heterocycles. The molecule has 0 saturated carbocycles. The van der Waals surface area contributed by atoms with Crippen molar-refractivity contribution in [3.8, 4) is 0 Å². The first-order valence-electron chi connectivity index (χ1n) is 2.55. The minimum absolute atomic E-state index is 0.0754. The van der Waals surface area contributed by atoms with Crippen LogP contribution in [0, 0.1) is 0 Å². The number of nitrogens with two attached hydrogens (primary N) is 2. The molecule has 0 rings (SSSR count). The molecular weight excluding hydrogens is 118 g/mol. The third-order valence-electron chi connectivity index (χ3n) is 0.723. The van der Waals surface area contributed by atoms with Gasteiger partial charge in [0.15, 0.2) is 0 Å². The average molecular weight is 129 g/mol. The normalized spacial score (nSPS) is 9.56. The van der Waals surface area contributed by atoms with Crippen molar-refractivity contribution in [1.82, 2.24) is 5.01 Å². The molecule has 0 fully saturated rings. The van der Waals surface area contributed by atoms with Gasteiger partial charge in [-0.25, -0.2) is 5.01 Å². The summed E-state index contributed by atoms with van der Waals surface area (Å²) in [6.07, 6.45) is 1.60. The third-order valence-corrected chi connectivity index (χ3v) is 0.723. The maximum Gasteiger partial charge on any atom is 0.233 e. The molecule has 0 unspecified atom stereocenters. The number of carbonyl (C=O) groups excluding carboxylic acids is 1. The van der Waals surface area contributed by atoms with Crippen molar-refractivity contribution >= 4 is 5.91 Å². The highest BCUT2D eigenvalue weighted by molar-refractivity contribution is 5.75. The summed E-state index contributed by atoms with van der Waals surface area (Å²) in [5.41, 5.74) is 4.83. The number of hydrogen-bond acceptors (Lipinski definition) is 3. The van der Waals surface area contributed by atoms with Gasteiger partial charge in [-0.1, -0.05) is 6.08 Å². The second-order valence-electron chi connectivity index (χ2n) is 1.68. The van der Waals surface area contributed by atoms with Crippen LogP contribution >= 0.6 is 0 Å². The Bertz CT molecular complexity index is 113. The first-order valence-corrected chi connectivity index (χ1v) is 2.55. The Kier molecular flexibility index (Phi) is 3.66. The lowest BCUT2D eigenvalue weighted by atomic mass is 10.5. The standard InChI is InChI=1S/C5H11N3O/c1-2-3-8(7)4-5(6)9/h2H,1,3-4,7H2,(H2,6,9). The van der Waals surface area contributed by atoms with E-state index in [2.05, 4.69) is 6.58 Å². The lowest BCUT2D eigenvalue weighted by molar-refractivity contribution is -0.119. The molecule has 0 aliphatic rings. The minimum Gasteiger partial charge on any atom is -0.369 e. The predicted molar refractivity (Wildman–Crippen MR) is 35.2 cm³/mol. The molecule has 0 spiro atoms. The van der Waals surface area contributed by atoms with Gasteiger partial charge in [0.05, 0.1) is 6.54 Å². The van der Waals surface area contributed by atoms with Crippen molar-refractivity contribution in [2.24, 2.45) is 11.6 Å². The Morgan fingerprint density at radius 2 is 2.33 bits per heavy atom. The van der Waals surface area contributed by atoms with Crippen LogP contribution in [-0.2, 0) is 4.79 Å². The highest BCUT2D eigenvalue weighted by atomic mass is 16.1. The summed E-state index contributed by atoms with van der Waals surface area (Å²) in [4.78, 5) is 10.2. The van der Waals surface area contributed by atoms with Gasteiger partial charge >= 0.3 is 0 Å². The Hall–Kier alpha value is -0.870. The van der Waals surface area contributed by atoms with Crippen molar-refractivity contribution in [1.29, 1.82) is 0 Å². The number of amides is 1. The molecule has 4 N–H and O–H groups in total. The average Bonchev–Trinajstić information content (AvgIpc) is 1.63. The van der Waals surface area contributed by atoms with Gasteiger partial charge in [0.25, 0.3) is 0 Å². The van der Waals surface area contributed by atoms with Gasteiger partial charge in [-0.2, -0.15) is 0 Å². The van der Waals surface area contributed by atoms with Crippen molar-refractivity contribution in [2.75, 3.05) is 13.1 Å². The molecule has 0 aliphatic heterocycles. The summed E-state index contributed by atoms with van der Waals surface area (Å²) in [6.45, 7) is 3.98. The Balaban J connectivity index is 3.37. The van der Waals surface area contributed by atoms with Gasteiger partial charge in [0, 0.05) is 6.54 Å². The number of primary amides is 1. The van der Waals surface area contributed by atoms with E-state index in [9.17, 15) is 4.79 Å². The Labute approximate surface area is 54.1 Å². The zero-order chi connectivity index (χ0) is 7.28. The summed E-state index contributed by atoms with van der Waals surface area (Å²) in [5.74, 6) is 4.82. The third kappa shape index (κ3) is 4.99. The molecule has 0 saturated heterocycles. The van der Waals surface area contributed by atoms with Crippen LogP contribution in [0.5, 0.6) is 0 Å². The van der Waals surface area contributed by atoms with Gasteiger partial charge in [0.2, 0.25) is 5.91 Å². The molecule has 0 aromatic heterocycles. The summed E-state index contributed by atoms with van der Waals surface area (Å²) >= 11 is 0. The maximum absolute atomic E-state index is 10.2. The molecular formula is C5H11N3O. The molecule has 0 aliphatic carbocycles. The molecule has 1 amide bonds. The molecule has 0 aromatic rings. The van der Waals surface area contributed by atoms with Crippen LogP contribution in [0.15, 0.2) is 12.7 Å². The van der Waals surface area contributed by atoms with E-state index in [-0.39, 0.29) is 6.54 Å². The molecule has 0 radical (unpaired) electrons. The van der Waals surface area contributed by atoms with E-state index < -0.39 is 5.91 Å². The summed E-state index contributed by atoms with van der Waals surface area (Å²) < 4.78 is 0. The largest absolute Gasteiger partial charge is 0.369 e. The zero-order valence-corrected chi connectivity index (χ0v) is 5.21. The van der Waals surface area contributed by atoms with Crippen LogP contribution in [0.4, 0.5) is 0 Å². The van der Waals surface area contributed by atoms with Gasteiger partial charge in [-0.3, -0.25) is 10.6 Å². The fourth-order valence-electron chi connectivity index (χ4n) is 0.431. The summed E-state index contributed by atoms with van der Waals surface area (Å²) in [6, 6.07) is 0. The van der Waals surface area contributed by atoms with E-state index >= 15 is 0 Å². The smallest absolute Gasteiger partial charge is 0.233 e. The van der Waals surface area contributed by atoms with E-state index in [1.807, 2.05) is 0 Å². The number of hydrazine groups is 1. The lowest BCUT2D eigenvalue weighted by Crippen LogP contribution is -2.38. The van der Waals surface area contributed by atoms with E-state index in [1.54, 1.807) is 6.08 Å². The van der Waals surface area contributed by atoms with Crippen LogP contribution in [-0.4, -0.2) is 24.0 Å². The zero-order valence-electron chi connectivity index (χ0n) is 5.21. The van der Waals surface area contributed by atoms with Crippen molar-refractivity contribution in [3.05, 3.63) is 12.7 Å². The molecule has 52 valence electrons. The molecule has 4 nitrogen and oxygen atoms in total. The van der Waals surface area contributed by atoms with Crippen LogP contribution < -0.4 is 11.6 Å². The van der Waals surface area contributed by atoms with Crippen molar-refractivity contribution < 1.29 is 4.79 Å². The first-order chi connectivity index (χ1) is 4.16. The molecule has 9 heavy (non-hydrogen) atoms. The monoisotopic (exact) mass is 129 g/mol. The van der Waals surface area contributed by atoms with Gasteiger partial charge in [0.1, 0.15) is 0 Å². The molecule has 4 heteroatoms. The number of nitrogens with zero attached hydrogens (tertiary/aromatic N) is 1. The Morgan fingerprint density at radius 1 is 1.78 bits per heavy atom. The van der Waals surface area contributed by atoms with E-state index in [1.165, 1.54) is 5.01 Å². The minimum atomic E-state index is -0.431. The summed E-state index contributed by atoms with van der Waals surface area (Å²) in [5, 5.41) is 1.29. The van der Waals surface area contributed by atoms with Crippen molar-refractivity contribution in [3.63, 3.8) is 0 Å². The number of rotatable bonds is 4. The SMILES string of the molecule is C=CCN(N)CC(N)=O. The van der Waals surface area contributed by atoms with Crippen LogP contribution in [0.25, 0.3) is 0 Å². The van der Waals surface area contributed by atoms with E-state index in [0.29, 0.717) is 6.54 Å². The quantitative estimate of drug-likeness (QED) is 0.285. The lowest BCUT2D eigenvalue weighted by Gasteiger charge is -2.09. The predicted octanol–water partition coefficient (Wildman–Crippen LogP) is -1.17. The maximum atomic E-state index is 10.2. The second kappa shape index (κ2) is 4.05. The molecule has 0 aromatic carbocycles. The van der Waals surface area contributed by atoms with Gasteiger partial charge in [-0.05, 0) is 0 Å².